The lowest BCUT2D eigenvalue weighted by atomic mass is 9.93. The second-order valence-electron chi connectivity index (χ2n) is 6.62. The Kier molecular flexibility index (Phi) is 9.39. The van der Waals surface area contributed by atoms with Gasteiger partial charge in [0.05, 0.1) is 0 Å². The first-order valence-corrected chi connectivity index (χ1v) is 8.75. The maximum atomic E-state index is 12.4. The first-order valence-electron chi connectivity index (χ1n) is 8.75. The van der Waals surface area contributed by atoms with Gasteiger partial charge in [0.1, 0.15) is 5.75 Å². The fraction of sp³-hybridized carbons (Fsp3) is 0.611. The maximum absolute atomic E-state index is 12.4. The highest BCUT2D eigenvalue weighted by Crippen LogP contribution is 2.21. The van der Waals surface area contributed by atoms with Crippen LogP contribution in [-0.4, -0.2) is 55.2 Å². The minimum Gasteiger partial charge on any atom is -0.508 e. The van der Waals surface area contributed by atoms with Gasteiger partial charge in [0.2, 0.25) is 5.91 Å². The van der Waals surface area contributed by atoms with Gasteiger partial charge in [-0.05, 0) is 62.5 Å². The fourth-order valence-corrected chi connectivity index (χ4v) is 3.53. The Labute approximate surface area is 162 Å². The summed E-state index contributed by atoms with van der Waals surface area (Å²) in [6.07, 6.45) is 4.16. The molecular weight excluding hydrogens is 361 g/mol. The smallest absolute Gasteiger partial charge is 0.222 e. The van der Waals surface area contributed by atoms with Gasteiger partial charge >= 0.3 is 0 Å². The van der Waals surface area contributed by atoms with Gasteiger partial charge in [0.15, 0.2) is 0 Å². The number of aromatic hydroxyl groups is 1. The van der Waals surface area contributed by atoms with Gasteiger partial charge < -0.3 is 20.2 Å². The number of nitrogens with zero attached hydrogens (tertiary/aromatic N) is 2. The van der Waals surface area contributed by atoms with E-state index in [2.05, 4.69) is 10.2 Å². The molecule has 2 fully saturated rings. The predicted octanol–water partition coefficient (Wildman–Crippen LogP) is 2.66. The van der Waals surface area contributed by atoms with Crippen LogP contribution in [0.15, 0.2) is 24.3 Å². The van der Waals surface area contributed by atoms with Crippen molar-refractivity contribution in [1.29, 1.82) is 0 Å². The summed E-state index contributed by atoms with van der Waals surface area (Å²) in [5.74, 6) is 1.33. The zero-order valence-electron chi connectivity index (χ0n) is 14.5. The lowest BCUT2D eigenvalue weighted by Gasteiger charge is -2.36. The van der Waals surface area contributed by atoms with Gasteiger partial charge in [-0.2, -0.15) is 0 Å². The van der Waals surface area contributed by atoms with Crippen LogP contribution >= 0.6 is 24.8 Å². The molecular formula is C18H29Cl2N3O2. The Hall–Kier alpha value is -1.17. The number of phenols is 1. The number of nitrogens with one attached hydrogen (secondary N) is 1. The van der Waals surface area contributed by atoms with E-state index in [1.54, 1.807) is 12.1 Å². The van der Waals surface area contributed by atoms with Crippen LogP contribution in [0.1, 0.15) is 25.7 Å². The molecule has 2 N–H and O–H groups in total. The monoisotopic (exact) mass is 389 g/mol. The van der Waals surface area contributed by atoms with Crippen LogP contribution in [-0.2, 0) is 4.79 Å². The van der Waals surface area contributed by atoms with Crippen molar-refractivity contribution in [3.8, 4) is 5.75 Å². The summed E-state index contributed by atoms with van der Waals surface area (Å²) < 4.78 is 0. The number of carbonyl (C=O) groups excluding carboxylic acids is 1. The predicted molar refractivity (Wildman–Crippen MR) is 106 cm³/mol. The molecule has 1 amide bonds. The third-order valence-corrected chi connectivity index (χ3v) is 5.07. The van der Waals surface area contributed by atoms with Gasteiger partial charge in [-0.3, -0.25) is 4.79 Å². The Balaban J connectivity index is 0.00000156. The van der Waals surface area contributed by atoms with E-state index >= 15 is 0 Å². The van der Waals surface area contributed by atoms with Gasteiger partial charge in [-0.25, -0.2) is 0 Å². The number of carbonyl (C=O) groups is 1. The van der Waals surface area contributed by atoms with Crippen LogP contribution in [0, 0.1) is 5.92 Å². The third-order valence-electron chi connectivity index (χ3n) is 5.07. The quantitative estimate of drug-likeness (QED) is 0.830. The van der Waals surface area contributed by atoms with E-state index in [1.165, 1.54) is 12.8 Å². The van der Waals surface area contributed by atoms with Crippen molar-refractivity contribution >= 4 is 36.4 Å². The number of amides is 1. The molecule has 5 nitrogen and oxygen atoms in total. The van der Waals surface area contributed by atoms with E-state index in [4.69, 9.17) is 0 Å². The maximum Gasteiger partial charge on any atom is 0.222 e. The van der Waals surface area contributed by atoms with E-state index in [0.717, 1.165) is 57.3 Å². The number of piperidine rings is 1. The van der Waals surface area contributed by atoms with Gasteiger partial charge in [0, 0.05) is 38.3 Å². The molecule has 0 spiro atoms. The second-order valence-corrected chi connectivity index (χ2v) is 6.62. The van der Waals surface area contributed by atoms with Gasteiger partial charge in [-0.15, -0.1) is 24.8 Å². The van der Waals surface area contributed by atoms with Gasteiger partial charge in [0.25, 0.3) is 0 Å². The SMILES string of the molecule is Cl.Cl.O=C(CCC1CCNCC1)N1CCN(c2ccc(O)cc2)CC1. The first kappa shape index (κ1) is 21.9. The topological polar surface area (TPSA) is 55.8 Å². The number of anilines is 1. The minimum absolute atomic E-state index is 0. The molecule has 1 aromatic carbocycles. The van der Waals surface area contributed by atoms with Crippen molar-refractivity contribution in [3.05, 3.63) is 24.3 Å². The van der Waals surface area contributed by atoms with Crippen LogP contribution in [0.4, 0.5) is 5.69 Å². The Bertz CT molecular complexity index is 514. The molecule has 0 unspecified atom stereocenters. The van der Waals surface area contributed by atoms with E-state index in [1.807, 2.05) is 17.0 Å². The van der Waals surface area contributed by atoms with Crippen LogP contribution in [0.5, 0.6) is 5.75 Å². The largest absolute Gasteiger partial charge is 0.508 e. The molecule has 25 heavy (non-hydrogen) atoms. The van der Waals surface area contributed by atoms with Crippen molar-refractivity contribution in [2.45, 2.75) is 25.7 Å². The molecule has 0 aliphatic carbocycles. The second kappa shape index (κ2) is 10.7. The highest BCUT2D eigenvalue weighted by Gasteiger charge is 2.22. The number of halogens is 2. The summed E-state index contributed by atoms with van der Waals surface area (Å²) in [5.41, 5.74) is 1.12. The van der Waals surface area contributed by atoms with Crippen molar-refractivity contribution in [3.63, 3.8) is 0 Å². The molecule has 0 aromatic heterocycles. The zero-order chi connectivity index (χ0) is 16.1. The summed E-state index contributed by atoms with van der Waals surface area (Å²) in [6.45, 7) is 5.53. The number of phenolic OH excluding ortho intramolecular Hbond substituents is 1. The molecule has 142 valence electrons. The average molecular weight is 390 g/mol. The number of hydrogen-bond donors (Lipinski definition) is 2. The van der Waals surface area contributed by atoms with Crippen molar-refractivity contribution in [1.82, 2.24) is 10.2 Å². The molecule has 2 heterocycles. The van der Waals surface area contributed by atoms with E-state index in [-0.39, 0.29) is 24.8 Å². The fourth-order valence-electron chi connectivity index (χ4n) is 3.53. The number of hydrogen-bond acceptors (Lipinski definition) is 4. The normalized spacial score (nSPS) is 18.2. The van der Waals surface area contributed by atoms with Crippen LogP contribution < -0.4 is 10.2 Å². The summed E-state index contributed by atoms with van der Waals surface area (Å²) in [5, 5.41) is 12.7. The molecule has 0 bridgehead atoms. The lowest BCUT2D eigenvalue weighted by molar-refractivity contribution is -0.131. The lowest BCUT2D eigenvalue weighted by Crippen LogP contribution is -2.48. The van der Waals surface area contributed by atoms with Gasteiger partial charge in [-0.1, -0.05) is 0 Å². The highest BCUT2D eigenvalue weighted by molar-refractivity contribution is 5.85. The third kappa shape index (κ3) is 6.24. The Morgan fingerprint density at radius 2 is 1.64 bits per heavy atom. The summed E-state index contributed by atoms with van der Waals surface area (Å²) in [4.78, 5) is 16.7. The molecule has 1 aromatic rings. The average Bonchev–Trinajstić information content (AvgIpc) is 2.61. The highest BCUT2D eigenvalue weighted by atomic mass is 35.5. The summed E-state index contributed by atoms with van der Waals surface area (Å²) in [6, 6.07) is 7.30. The Morgan fingerprint density at radius 1 is 1.04 bits per heavy atom. The molecule has 0 saturated carbocycles. The Morgan fingerprint density at radius 3 is 2.24 bits per heavy atom. The van der Waals surface area contributed by atoms with Crippen LogP contribution in [0.25, 0.3) is 0 Å². The molecule has 2 saturated heterocycles. The molecule has 2 aliphatic heterocycles. The van der Waals surface area contributed by atoms with Crippen molar-refractivity contribution in [2.24, 2.45) is 5.92 Å². The molecule has 0 atom stereocenters. The summed E-state index contributed by atoms with van der Waals surface area (Å²) in [7, 11) is 0. The van der Waals surface area contributed by atoms with Crippen LogP contribution in [0.3, 0.4) is 0 Å². The number of benzene rings is 1. The number of piperazine rings is 1. The van der Waals surface area contributed by atoms with Crippen molar-refractivity contribution in [2.75, 3.05) is 44.2 Å². The van der Waals surface area contributed by atoms with Crippen molar-refractivity contribution < 1.29 is 9.90 Å². The molecule has 7 heteroatoms. The molecule has 0 radical (unpaired) electrons. The van der Waals surface area contributed by atoms with E-state index < -0.39 is 0 Å². The minimum atomic E-state index is 0. The standard InChI is InChI=1S/C18H27N3O2.2ClH/c22-17-4-2-16(3-5-17)20-11-13-21(14-12-20)18(23)6-1-15-7-9-19-10-8-15;;/h2-5,15,19,22H,1,6-14H2;2*1H. The van der Waals surface area contributed by atoms with Crippen LogP contribution in [0.2, 0.25) is 0 Å². The van der Waals surface area contributed by atoms with E-state index in [0.29, 0.717) is 18.1 Å². The summed E-state index contributed by atoms with van der Waals surface area (Å²) >= 11 is 0. The molecule has 3 rings (SSSR count). The zero-order valence-corrected chi connectivity index (χ0v) is 16.2. The number of rotatable bonds is 4. The molecule has 2 aliphatic rings. The van der Waals surface area contributed by atoms with E-state index in [9.17, 15) is 9.90 Å². The first-order chi connectivity index (χ1) is 11.2.